The van der Waals surface area contributed by atoms with Crippen LogP contribution in [0.3, 0.4) is 0 Å². The van der Waals surface area contributed by atoms with Crippen molar-refractivity contribution < 1.29 is 4.39 Å². The van der Waals surface area contributed by atoms with Gasteiger partial charge in [0.05, 0.1) is 0 Å². The molecule has 0 saturated carbocycles. The molecule has 0 saturated heterocycles. The highest BCUT2D eigenvalue weighted by Crippen LogP contribution is 2.34. The molecule has 20 heavy (non-hydrogen) atoms. The van der Waals surface area contributed by atoms with Crippen LogP contribution in [0.4, 0.5) is 4.39 Å². The topological polar surface area (TPSA) is 26.0 Å². The first kappa shape index (κ1) is 14.1. The third kappa shape index (κ3) is 2.92. The molecule has 0 amide bonds. The molecule has 0 fully saturated rings. The second kappa shape index (κ2) is 5.88. The fourth-order valence-corrected chi connectivity index (χ4v) is 4.96. The van der Waals surface area contributed by atoms with Crippen molar-refractivity contribution >= 4 is 23.1 Å². The Morgan fingerprint density at radius 1 is 1.35 bits per heavy atom. The molecule has 1 aromatic heterocycles. The van der Waals surface area contributed by atoms with Crippen molar-refractivity contribution in [1.29, 1.82) is 0 Å². The van der Waals surface area contributed by atoms with Gasteiger partial charge in [-0.3, -0.25) is 0 Å². The van der Waals surface area contributed by atoms with Crippen LogP contribution in [0.15, 0.2) is 24.3 Å². The number of halogens is 1. The zero-order valence-corrected chi connectivity index (χ0v) is 13.1. The van der Waals surface area contributed by atoms with E-state index in [1.807, 2.05) is 36.1 Å². The highest BCUT2D eigenvalue weighted by atomic mass is 32.2. The monoisotopic (exact) mass is 307 g/mol. The second-order valence-corrected chi connectivity index (χ2v) is 7.55. The molecule has 1 atom stereocenters. The predicted molar refractivity (Wildman–Crippen MR) is 86.0 cm³/mol. The van der Waals surface area contributed by atoms with Gasteiger partial charge in [0.25, 0.3) is 0 Å². The van der Waals surface area contributed by atoms with Gasteiger partial charge in [-0.05, 0) is 60.4 Å². The third-order valence-corrected chi connectivity index (χ3v) is 6.13. The SMILES string of the molecule is Cc1cc(F)ccc1CC(N)c1cc2c(s1)CCSC2. The van der Waals surface area contributed by atoms with Gasteiger partial charge in [-0.1, -0.05) is 6.07 Å². The summed E-state index contributed by atoms with van der Waals surface area (Å²) in [5.74, 6) is 2.16. The summed E-state index contributed by atoms with van der Waals surface area (Å²) in [6, 6.07) is 7.24. The number of fused-ring (bicyclic) bond motifs is 1. The first-order chi connectivity index (χ1) is 9.63. The van der Waals surface area contributed by atoms with Gasteiger partial charge in [0.15, 0.2) is 0 Å². The molecule has 3 rings (SSSR count). The standard InChI is InChI=1S/C16H18FNS2/c1-10-6-13(17)3-2-11(10)7-14(18)16-8-12-9-19-5-4-15(12)20-16/h2-3,6,8,14H,4-5,7,9,18H2,1H3. The van der Waals surface area contributed by atoms with E-state index < -0.39 is 0 Å². The summed E-state index contributed by atoms with van der Waals surface area (Å²) in [5.41, 5.74) is 9.94. The van der Waals surface area contributed by atoms with Crippen molar-refractivity contribution in [3.63, 3.8) is 0 Å². The number of hydrogen-bond donors (Lipinski definition) is 1. The number of rotatable bonds is 3. The first-order valence-corrected chi connectivity index (χ1v) is 8.80. The largest absolute Gasteiger partial charge is 0.323 e. The number of thiophene rings is 1. The van der Waals surface area contributed by atoms with E-state index >= 15 is 0 Å². The van der Waals surface area contributed by atoms with Crippen LogP contribution in [0.1, 0.15) is 32.5 Å². The number of thioether (sulfide) groups is 1. The van der Waals surface area contributed by atoms with Crippen molar-refractivity contribution in [1.82, 2.24) is 0 Å². The Kier molecular flexibility index (Phi) is 4.15. The molecule has 0 spiro atoms. The molecular weight excluding hydrogens is 289 g/mol. The van der Waals surface area contributed by atoms with Crippen molar-refractivity contribution in [2.75, 3.05) is 5.75 Å². The Labute approximate surface area is 127 Å². The lowest BCUT2D eigenvalue weighted by Gasteiger charge is -2.12. The zero-order chi connectivity index (χ0) is 14.1. The molecule has 1 nitrogen and oxygen atoms in total. The molecule has 2 aromatic rings. The second-order valence-electron chi connectivity index (χ2n) is 5.28. The summed E-state index contributed by atoms with van der Waals surface area (Å²) < 4.78 is 13.1. The molecule has 2 N–H and O–H groups in total. The molecule has 1 aliphatic heterocycles. The van der Waals surface area contributed by atoms with E-state index in [-0.39, 0.29) is 11.9 Å². The summed E-state index contributed by atoms with van der Waals surface area (Å²) in [5, 5.41) is 0. The highest BCUT2D eigenvalue weighted by Gasteiger charge is 2.17. The normalized spacial score (nSPS) is 15.9. The predicted octanol–water partition coefficient (Wildman–Crippen LogP) is 4.23. The van der Waals surface area contributed by atoms with E-state index in [2.05, 4.69) is 6.07 Å². The van der Waals surface area contributed by atoms with Crippen LogP contribution in [0.2, 0.25) is 0 Å². The fourth-order valence-electron chi connectivity index (χ4n) is 2.58. The number of nitrogens with two attached hydrogens (primary N) is 1. The van der Waals surface area contributed by atoms with E-state index in [1.54, 1.807) is 6.07 Å². The van der Waals surface area contributed by atoms with Gasteiger partial charge in [0.2, 0.25) is 0 Å². The quantitative estimate of drug-likeness (QED) is 0.918. The Balaban J connectivity index is 1.78. The fraction of sp³-hybridized carbons (Fsp3) is 0.375. The minimum absolute atomic E-state index is 0.0137. The maximum atomic E-state index is 13.1. The minimum atomic E-state index is -0.177. The number of benzene rings is 1. The maximum absolute atomic E-state index is 13.1. The van der Waals surface area contributed by atoms with Crippen LogP contribution in [0.5, 0.6) is 0 Å². The van der Waals surface area contributed by atoms with E-state index in [0.29, 0.717) is 0 Å². The Hall–Kier alpha value is -0.840. The summed E-state index contributed by atoms with van der Waals surface area (Å²) in [4.78, 5) is 2.77. The molecule has 1 aliphatic rings. The van der Waals surface area contributed by atoms with Crippen LogP contribution >= 0.6 is 23.1 Å². The lowest BCUT2D eigenvalue weighted by atomic mass is 10.0. The van der Waals surface area contributed by atoms with Crippen molar-refractivity contribution in [3.05, 3.63) is 56.5 Å². The Bertz CT molecular complexity index is 597. The van der Waals surface area contributed by atoms with E-state index in [9.17, 15) is 4.39 Å². The lowest BCUT2D eigenvalue weighted by molar-refractivity contribution is 0.624. The summed E-state index contributed by atoms with van der Waals surface area (Å²) >= 11 is 3.85. The molecule has 2 heterocycles. The first-order valence-electron chi connectivity index (χ1n) is 6.83. The van der Waals surface area contributed by atoms with E-state index in [0.717, 1.165) is 23.3 Å². The smallest absolute Gasteiger partial charge is 0.123 e. The van der Waals surface area contributed by atoms with Gasteiger partial charge >= 0.3 is 0 Å². The Morgan fingerprint density at radius 2 is 2.20 bits per heavy atom. The van der Waals surface area contributed by atoms with Gasteiger partial charge in [0, 0.05) is 21.5 Å². The van der Waals surface area contributed by atoms with Crippen LogP contribution in [-0.4, -0.2) is 5.75 Å². The van der Waals surface area contributed by atoms with Gasteiger partial charge in [-0.2, -0.15) is 11.8 Å². The average Bonchev–Trinajstić information content (AvgIpc) is 2.86. The third-order valence-electron chi connectivity index (χ3n) is 3.76. The van der Waals surface area contributed by atoms with Gasteiger partial charge in [-0.15, -0.1) is 11.3 Å². The number of hydrogen-bond acceptors (Lipinski definition) is 3. The summed E-state index contributed by atoms with van der Waals surface area (Å²) in [6.45, 7) is 1.95. The van der Waals surface area contributed by atoms with Crippen molar-refractivity contribution in [3.8, 4) is 0 Å². The average molecular weight is 307 g/mol. The highest BCUT2D eigenvalue weighted by molar-refractivity contribution is 7.98. The van der Waals surface area contributed by atoms with Gasteiger partial charge in [0.1, 0.15) is 5.82 Å². The van der Waals surface area contributed by atoms with Gasteiger partial charge in [-0.25, -0.2) is 4.39 Å². The van der Waals surface area contributed by atoms with E-state index in [1.165, 1.54) is 33.6 Å². The van der Waals surface area contributed by atoms with Crippen molar-refractivity contribution in [2.45, 2.75) is 31.6 Å². The van der Waals surface area contributed by atoms with Gasteiger partial charge < -0.3 is 5.73 Å². The van der Waals surface area contributed by atoms with Crippen LogP contribution in [0.25, 0.3) is 0 Å². The molecule has 0 radical (unpaired) electrons. The summed E-state index contributed by atoms with van der Waals surface area (Å²) in [7, 11) is 0. The van der Waals surface area contributed by atoms with Crippen LogP contribution in [-0.2, 0) is 18.6 Å². The molecule has 4 heteroatoms. The Morgan fingerprint density at radius 3 is 2.95 bits per heavy atom. The maximum Gasteiger partial charge on any atom is 0.123 e. The van der Waals surface area contributed by atoms with E-state index in [4.69, 9.17) is 5.73 Å². The summed E-state index contributed by atoms with van der Waals surface area (Å²) in [6.07, 6.45) is 1.95. The molecule has 0 bridgehead atoms. The molecule has 106 valence electrons. The molecule has 1 aromatic carbocycles. The van der Waals surface area contributed by atoms with Crippen LogP contribution in [0, 0.1) is 12.7 Å². The molecule has 1 unspecified atom stereocenters. The molecular formula is C16H18FNS2. The zero-order valence-electron chi connectivity index (χ0n) is 11.5. The van der Waals surface area contributed by atoms with Crippen LogP contribution < -0.4 is 5.73 Å². The molecule has 0 aliphatic carbocycles. The minimum Gasteiger partial charge on any atom is -0.323 e. The number of aryl methyl sites for hydroxylation is 2. The van der Waals surface area contributed by atoms with Crippen molar-refractivity contribution in [2.24, 2.45) is 5.73 Å². The lowest BCUT2D eigenvalue weighted by Crippen LogP contribution is -2.12.